The fourth-order valence-corrected chi connectivity index (χ4v) is 1.69. The second kappa shape index (κ2) is 7.90. The number of nitrogen functional groups attached to an aromatic ring is 1. The highest BCUT2D eigenvalue weighted by Crippen LogP contribution is 2.18. The summed E-state index contributed by atoms with van der Waals surface area (Å²) in [6.45, 7) is 5.20. The van der Waals surface area contributed by atoms with E-state index in [0.717, 1.165) is 18.8 Å². The molecule has 0 fully saturated rings. The molecule has 4 nitrogen and oxygen atoms in total. The van der Waals surface area contributed by atoms with Crippen LogP contribution < -0.4 is 16.0 Å². The first-order valence-electron chi connectivity index (χ1n) is 6.35. The van der Waals surface area contributed by atoms with Crippen LogP contribution in [-0.2, 0) is 0 Å². The van der Waals surface area contributed by atoms with Crippen molar-refractivity contribution >= 4 is 5.82 Å². The number of unbranched alkanes of at least 4 members (excludes halogenated alkanes) is 1. The van der Waals surface area contributed by atoms with Crippen molar-refractivity contribution < 1.29 is 4.74 Å². The highest BCUT2D eigenvalue weighted by atomic mass is 16.5. The Labute approximate surface area is 104 Å². The third-order valence-electron chi connectivity index (χ3n) is 2.91. The van der Waals surface area contributed by atoms with Gasteiger partial charge in [-0.05, 0) is 18.4 Å². The minimum Gasteiger partial charge on any atom is -0.493 e. The van der Waals surface area contributed by atoms with Gasteiger partial charge in [0.15, 0.2) is 0 Å². The zero-order valence-corrected chi connectivity index (χ0v) is 10.8. The number of anilines is 1. The van der Waals surface area contributed by atoms with Gasteiger partial charge in [0, 0.05) is 12.3 Å². The molecule has 0 spiro atoms. The van der Waals surface area contributed by atoms with Crippen LogP contribution in [0.4, 0.5) is 5.82 Å². The van der Waals surface area contributed by atoms with E-state index in [4.69, 9.17) is 10.6 Å². The van der Waals surface area contributed by atoms with Crippen LogP contribution in [0.25, 0.3) is 0 Å². The Morgan fingerprint density at radius 2 is 2.29 bits per heavy atom. The van der Waals surface area contributed by atoms with Crippen molar-refractivity contribution in [3.63, 3.8) is 0 Å². The Balaban J connectivity index is 2.41. The van der Waals surface area contributed by atoms with E-state index in [-0.39, 0.29) is 0 Å². The SMILES string of the molecule is CCCCC(CC)COc1ccnc(NN)c1. The molecule has 4 heteroatoms. The van der Waals surface area contributed by atoms with Gasteiger partial charge in [-0.15, -0.1) is 0 Å². The molecule has 0 amide bonds. The van der Waals surface area contributed by atoms with Gasteiger partial charge in [-0.2, -0.15) is 0 Å². The molecule has 0 radical (unpaired) electrons. The number of pyridine rings is 1. The van der Waals surface area contributed by atoms with Gasteiger partial charge in [-0.3, -0.25) is 0 Å². The van der Waals surface area contributed by atoms with Crippen molar-refractivity contribution in [3.05, 3.63) is 18.3 Å². The first-order chi connectivity index (χ1) is 8.30. The molecule has 0 saturated heterocycles. The second-order valence-corrected chi connectivity index (χ2v) is 4.25. The van der Waals surface area contributed by atoms with E-state index in [1.54, 1.807) is 6.20 Å². The van der Waals surface area contributed by atoms with Gasteiger partial charge in [0.2, 0.25) is 0 Å². The molecule has 3 N–H and O–H groups in total. The van der Waals surface area contributed by atoms with Crippen LogP contribution in [0.5, 0.6) is 5.75 Å². The number of rotatable bonds is 8. The van der Waals surface area contributed by atoms with Crippen molar-refractivity contribution in [1.29, 1.82) is 0 Å². The zero-order chi connectivity index (χ0) is 12.5. The van der Waals surface area contributed by atoms with Crippen LogP contribution in [0.3, 0.4) is 0 Å². The number of hydrazine groups is 1. The predicted molar refractivity (Wildman–Crippen MR) is 70.8 cm³/mol. The van der Waals surface area contributed by atoms with Crippen LogP contribution in [-0.4, -0.2) is 11.6 Å². The molecule has 0 aromatic carbocycles. The molecule has 0 bridgehead atoms. The van der Waals surface area contributed by atoms with E-state index in [1.165, 1.54) is 19.3 Å². The van der Waals surface area contributed by atoms with Crippen LogP contribution in [0, 0.1) is 5.92 Å². The summed E-state index contributed by atoms with van der Waals surface area (Å²) in [4.78, 5) is 4.04. The zero-order valence-electron chi connectivity index (χ0n) is 10.8. The smallest absolute Gasteiger partial charge is 0.143 e. The molecular formula is C13H23N3O. The number of aromatic nitrogens is 1. The Morgan fingerprint density at radius 3 is 2.94 bits per heavy atom. The van der Waals surface area contributed by atoms with Gasteiger partial charge in [-0.25, -0.2) is 10.8 Å². The summed E-state index contributed by atoms with van der Waals surface area (Å²) < 4.78 is 5.76. The van der Waals surface area contributed by atoms with Crippen LogP contribution in [0.15, 0.2) is 18.3 Å². The number of nitrogens with one attached hydrogen (secondary N) is 1. The molecule has 1 aromatic heterocycles. The van der Waals surface area contributed by atoms with Gasteiger partial charge in [0.25, 0.3) is 0 Å². The summed E-state index contributed by atoms with van der Waals surface area (Å²) in [5.41, 5.74) is 2.51. The molecule has 1 aromatic rings. The lowest BCUT2D eigenvalue weighted by Crippen LogP contribution is -2.12. The monoisotopic (exact) mass is 237 g/mol. The minimum atomic E-state index is 0.629. The van der Waals surface area contributed by atoms with Crippen LogP contribution >= 0.6 is 0 Å². The third kappa shape index (κ3) is 5.04. The lowest BCUT2D eigenvalue weighted by molar-refractivity contribution is 0.233. The maximum atomic E-state index is 5.76. The number of hydrogen-bond donors (Lipinski definition) is 2. The average Bonchev–Trinajstić information content (AvgIpc) is 2.39. The lowest BCUT2D eigenvalue weighted by atomic mass is 10.0. The highest BCUT2D eigenvalue weighted by Gasteiger charge is 2.07. The topological polar surface area (TPSA) is 60.2 Å². The third-order valence-corrected chi connectivity index (χ3v) is 2.91. The summed E-state index contributed by atoms with van der Waals surface area (Å²) in [5, 5.41) is 0. The molecule has 1 rings (SSSR count). The number of nitrogens with zero attached hydrogens (tertiary/aromatic N) is 1. The molecule has 0 aliphatic heterocycles. The first-order valence-corrected chi connectivity index (χ1v) is 6.35. The number of ether oxygens (including phenoxy) is 1. The molecule has 0 saturated carbocycles. The molecule has 0 aliphatic carbocycles. The molecule has 17 heavy (non-hydrogen) atoms. The Bertz CT molecular complexity index is 317. The van der Waals surface area contributed by atoms with Gasteiger partial charge in [-0.1, -0.05) is 33.1 Å². The van der Waals surface area contributed by atoms with E-state index in [2.05, 4.69) is 24.3 Å². The molecule has 1 heterocycles. The minimum absolute atomic E-state index is 0.629. The standard InChI is InChI=1S/C13H23N3O/c1-3-5-6-11(4-2)10-17-12-7-8-15-13(9-12)16-14/h7-9,11H,3-6,10,14H2,1-2H3,(H,15,16). The molecule has 1 unspecified atom stereocenters. The van der Waals surface area contributed by atoms with Crippen molar-refractivity contribution in [2.45, 2.75) is 39.5 Å². The Morgan fingerprint density at radius 1 is 1.47 bits per heavy atom. The van der Waals surface area contributed by atoms with Crippen LogP contribution in [0.2, 0.25) is 0 Å². The summed E-state index contributed by atoms with van der Waals surface area (Å²) in [6, 6.07) is 3.67. The van der Waals surface area contributed by atoms with Gasteiger partial charge >= 0.3 is 0 Å². The highest BCUT2D eigenvalue weighted by molar-refractivity contribution is 5.39. The maximum Gasteiger partial charge on any atom is 0.143 e. The van der Waals surface area contributed by atoms with Gasteiger partial charge in [0.05, 0.1) is 6.61 Å². The molecular weight excluding hydrogens is 214 g/mol. The van der Waals surface area contributed by atoms with E-state index in [1.807, 2.05) is 12.1 Å². The van der Waals surface area contributed by atoms with E-state index >= 15 is 0 Å². The Kier molecular flexibility index (Phi) is 6.40. The summed E-state index contributed by atoms with van der Waals surface area (Å²) in [6.07, 6.45) is 6.60. The fraction of sp³-hybridized carbons (Fsp3) is 0.615. The van der Waals surface area contributed by atoms with Crippen LogP contribution in [0.1, 0.15) is 39.5 Å². The summed E-state index contributed by atoms with van der Waals surface area (Å²) in [5.74, 6) is 7.39. The lowest BCUT2D eigenvalue weighted by Gasteiger charge is -2.15. The fourth-order valence-electron chi connectivity index (χ4n) is 1.69. The number of nitrogens with two attached hydrogens (primary N) is 1. The van der Waals surface area contributed by atoms with Crippen molar-refractivity contribution in [3.8, 4) is 5.75 Å². The maximum absolute atomic E-state index is 5.76. The molecule has 0 aliphatic rings. The van der Waals surface area contributed by atoms with E-state index in [9.17, 15) is 0 Å². The molecule has 96 valence electrons. The summed E-state index contributed by atoms with van der Waals surface area (Å²) >= 11 is 0. The summed E-state index contributed by atoms with van der Waals surface area (Å²) in [7, 11) is 0. The quantitative estimate of drug-likeness (QED) is 0.539. The van der Waals surface area contributed by atoms with Gasteiger partial charge < -0.3 is 10.2 Å². The van der Waals surface area contributed by atoms with Crippen molar-refractivity contribution in [2.24, 2.45) is 11.8 Å². The predicted octanol–water partition coefficient (Wildman–Crippen LogP) is 2.96. The normalized spacial score (nSPS) is 12.2. The average molecular weight is 237 g/mol. The van der Waals surface area contributed by atoms with Crippen molar-refractivity contribution in [1.82, 2.24) is 4.98 Å². The number of hydrogen-bond acceptors (Lipinski definition) is 4. The Hall–Kier alpha value is -1.29. The van der Waals surface area contributed by atoms with Crippen molar-refractivity contribution in [2.75, 3.05) is 12.0 Å². The second-order valence-electron chi connectivity index (χ2n) is 4.25. The first kappa shape index (κ1) is 13.8. The largest absolute Gasteiger partial charge is 0.493 e. The van der Waals surface area contributed by atoms with Gasteiger partial charge in [0.1, 0.15) is 11.6 Å². The molecule has 1 atom stereocenters. The van der Waals surface area contributed by atoms with E-state index in [0.29, 0.717) is 11.7 Å². The van der Waals surface area contributed by atoms with E-state index < -0.39 is 0 Å².